The van der Waals surface area contributed by atoms with Crippen LogP contribution in [0.5, 0.6) is 0 Å². The van der Waals surface area contributed by atoms with E-state index in [1.54, 1.807) is 12.1 Å². The predicted octanol–water partition coefficient (Wildman–Crippen LogP) is 5.03. The van der Waals surface area contributed by atoms with Gasteiger partial charge in [-0.2, -0.15) is 0 Å². The van der Waals surface area contributed by atoms with Crippen LogP contribution in [0.4, 0.5) is 4.39 Å². The van der Waals surface area contributed by atoms with Gasteiger partial charge in [-0.05, 0) is 42.8 Å². The molecule has 0 amide bonds. The van der Waals surface area contributed by atoms with E-state index in [9.17, 15) is 4.39 Å². The van der Waals surface area contributed by atoms with E-state index in [0.29, 0.717) is 22.0 Å². The first-order valence-corrected chi connectivity index (χ1v) is 7.29. The Labute approximate surface area is 128 Å². The van der Waals surface area contributed by atoms with Crippen LogP contribution in [0.15, 0.2) is 42.5 Å². The molecule has 0 aromatic heterocycles. The van der Waals surface area contributed by atoms with Gasteiger partial charge in [-0.3, -0.25) is 0 Å². The van der Waals surface area contributed by atoms with Crippen LogP contribution in [-0.4, -0.2) is 6.54 Å². The van der Waals surface area contributed by atoms with Crippen molar-refractivity contribution in [2.75, 3.05) is 6.54 Å². The van der Waals surface area contributed by atoms with E-state index >= 15 is 0 Å². The summed E-state index contributed by atoms with van der Waals surface area (Å²) in [6.45, 7) is 2.73. The third-order valence-corrected chi connectivity index (χ3v) is 3.77. The molecule has 0 heterocycles. The summed E-state index contributed by atoms with van der Waals surface area (Å²) in [6.07, 6.45) is 0.616. The summed E-state index contributed by atoms with van der Waals surface area (Å²) in [5.41, 5.74) is 1.55. The van der Waals surface area contributed by atoms with Crippen molar-refractivity contribution in [2.45, 2.75) is 19.4 Å². The van der Waals surface area contributed by atoms with E-state index in [4.69, 9.17) is 23.2 Å². The lowest BCUT2D eigenvalue weighted by Crippen LogP contribution is -2.24. The highest BCUT2D eigenvalue weighted by Crippen LogP contribution is 2.27. The molecule has 1 nitrogen and oxygen atoms in total. The minimum absolute atomic E-state index is 0.154. The van der Waals surface area contributed by atoms with Crippen molar-refractivity contribution < 1.29 is 4.39 Å². The Balaban J connectivity index is 2.32. The summed E-state index contributed by atoms with van der Waals surface area (Å²) in [5.74, 6) is -0.257. The first kappa shape index (κ1) is 15.3. The fourth-order valence-electron chi connectivity index (χ4n) is 2.20. The molecule has 0 aliphatic rings. The lowest BCUT2D eigenvalue weighted by molar-refractivity contribution is 0.510. The molecule has 0 aliphatic heterocycles. The summed E-state index contributed by atoms with van der Waals surface area (Å²) >= 11 is 12.2. The molecule has 2 aromatic carbocycles. The maximum absolute atomic E-state index is 14.0. The van der Waals surface area contributed by atoms with Gasteiger partial charge in [-0.25, -0.2) is 4.39 Å². The predicted molar refractivity (Wildman–Crippen MR) is 83.0 cm³/mol. The highest BCUT2D eigenvalue weighted by Gasteiger charge is 2.17. The Kier molecular flexibility index (Phi) is 5.41. The third-order valence-electron chi connectivity index (χ3n) is 3.17. The van der Waals surface area contributed by atoms with E-state index < -0.39 is 0 Å². The fourth-order valence-corrected chi connectivity index (χ4v) is 2.60. The van der Waals surface area contributed by atoms with E-state index in [1.165, 1.54) is 6.07 Å². The number of halogens is 3. The smallest absolute Gasteiger partial charge is 0.128 e. The summed E-state index contributed by atoms with van der Waals surface area (Å²) in [5, 5.41) is 4.51. The molecular formula is C16H16Cl2FN. The van der Waals surface area contributed by atoms with Crippen LogP contribution >= 0.6 is 23.2 Å². The number of nitrogens with one attached hydrogen (secondary N) is 1. The van der Waals surface area contributed by atoms with Crippen molar-refractivity contribution in [3.63, 3.8) is 0 Å². The van der Waals surface area contributed by atoms with Gasteiger partial charge in [0.25, 0.3) is 0 Å². The molecule has 106 valence electrons. The fraction of sp³-hybridized carbons (Fsp3) is 0.250. The lowest BCUT2D eigenvalue weighted by atomic mass is 9.98. The monoisotopic (exact) mass is 311 g/mol. The van der Waals surface area contributed by atoms with Crippen LogP contribution in [-0.2, 0) is 6.42 Å². The molecule has 0 spiro atoms. The molecule has 4 heteroatoms. The molecule has 0 saturated heterocycles. The maximum atomic E-state index is 14.0. The van der Waals surface area contributed by atoms with Gasteiger partial charge in [0.2, 0.25) is 0 Å². The molecule has 20 heavy (non-hydrogen) atoms. The normalized spacial score (nSPS) is 12.4. The Morgan fingerprint density at radius 1 is 1.15 bits per heavy atom. The van der Waals surface area contributed by atoms with Gasteiger partial charge in [0.15, 0.2) is 0 Å². The number of benzene rings is 2. The van der Waals surface area contributed by atoms with E-state index in [-0.39, 0.29) is 11.9 Å². The van der Waals surface area contributed by atoms with Gasteiger partial charge < -0.3 is 5.32 Å². The van der Waals surface area contributed by atoms with Crippen molar-refractivity contribution in [2.24, 2.45) is 0 Å². The van der Waals surface area contributed by atoms with Crippen LogP contribution in [0.3, 0.4) is 0 Å². The van der Waals surface area contributed by atoms with Crippen LogP contribution < -0.4 is 5.32 Å². The minimum atomic E-state index is -0.257. The first-order valence-electron chi connectivity index (χ1n) is 6.53. The second-order valence-electron chi connectivity index (χ2n) is 4.57. The molecule has 0 radical (unpaired) electrons. The Hall–Kier alpha value is -1.09. The van der Waals surface area contributed by atoms with Crippen molar-refractivity contribution in [3.05, 3.63) is 69.5 Å². The minimum Gasteiger partial charge on any atom is -0.310 e. The van der Waals surface area contributed by atoms with Crippen LogP contribution in [0.1, 0.15) is 24.1 Å². The zero-order valence-corrected chi connectivity index (χ0v) is 12.7. The van der Waals surface area contributed by atoms with Gasteiger partial charge in [0.05, 0.1) is 0 Å². The lowest BCUT2D eigenvalue weighted by Gasteiger charge is -2.20. The number of rotatable bonds is 5. The molecule has 1 N–H and O–H groups in total. The van der Waals surface area contributed by atoms with Crippen molar-refractivity contribution in [1.82, 2.24) is 5.32 Å². The zero-order chi connectivity index (χ0) is 14.5. The molecule has 1 atom stereocenters. The van der Waals surface area contributed by atoms with Crippen molar-refractivity contribution >= 4 is 23.2 Å². The van der Waals surface area contributed by atoms with Gasteiger partial charge >= 0.3 is 0 Å². The first-order chi connectivity index (χ1) is 9.61. The average molecular weight is 312 g/mol. The largest absolute Gasteiger partial charge is 0.310 e. The quantitative estimate of drug-likeness (QED) is 0.817. The second-order valence-corrected chi connectivity index (χ2v) is 5.42. The summed E-state index contributed by atoms with van der Waals surface area (Å²) in [6, 6.07) is 12.1. The highest BCUT2D eigenvalue weighted by atomic mass is 35.5. The molecule has 2 aromatic rings. The average Bonchev–Trinajstić information content (AvgIpc) is 2.43. The summed E-state index contributed by atoms with van der Waals surface area (Å²) in [4.78, 5) is 0. The van der Waals surface area contributed by atoms with E-state index in [2.05, 4.69) is 5.32 Å². The number of hydrogen-bond donors (Lipinski definition) is 1. The molecule has 1 unspecified atom stereocenters. The molecule has 0 fully saturated rings. The van der Waals surface area contributed by atoms with Gasteiger partial charge in [0, 0.05) is 21.7 Å². The molecular weight excluding hydrogens is 296 g/mol. The Morgan fingerprint density at radius 2 is 1.90 bits per heavy atom. The van der Waals surface area contributed by atoms with Gasteiger partial charge in [0.1, 0.15) is 5.82 Å². The summed E-state index contributed by atoms with van der Waals surface area (Å²) in [7, 11) is 0. The molecule has 0 aliphatic carbocycles. The summed E-state index contributed by atoms with van der Waals surface area (Å²) < 4.78 is 14.0. The van der Waals surface area contributed by atoms with Crippen LogP contribution in [0.2, 0.25) is 10.0 Å². The second kappa shape index (κ2) is 7.07. The zero-order valence-electron chi connectivity index (χ0n) is 11.2. The molecule has 0 bridgehead atoms. The van der Waals surface area contributed by atoms with Crippen LogP contribution in [0.25, 0.3) is 0 Å². The highest BCUT2D eigenvalue weighted by molar-refractivity contribution is 6.31. The van der Waals surface area contributed by atoms with Crippen LogP contribution in [0, 0.1) is 5.82 Å². The number of likely N-dealkylation sites (N-methyl/N-ethyl adjacent to an activating group) is 1. The molecule has 2 rings (SSSR count). The SMILES string of the molecule is CCNC(Cc1ccccc1Cl)c1cc(Cl)ccc1F. The van der Waals surface area contributed by atoms with Gasteiger partial charge in [-0.15, -0.1) is 0 Å². The van der Waals surface area contributed by atoms with E-state index in [0.717, 1.165) is 12.1 Å². The van der Waals surface area contributed by atoms with Crippen molar-refractivity contribution in [1.29, 1.82) is 0 Å². The van der Waals surface area contributed by atoms with E-state index in [1.807, 2.05) is 31.2 Å². The standard InChI is InChI=1S/C16H16Cl2FN/c1-2-20-16(9-11-5-3-4-6-14(11)18)13-10-12(17)7-8-15(13)19/h3-8,10,16,20H,2,9H2,1H3. The molecule has 0 saturated carbocycles. The third kappa shape index (κ3) is 3.72. The Morgan fingerprint density at radius 3 is 2.60 bits per heavy atom. The number of hydrogen-bond acceptors (Lipinski definition) is 1. The van der Waals surface area contributed by atoms with Gasteiger partial charge in [-0.1, -0.05) is 48.3 Å². The Bertz CT molecular complexity index is 586. The van der Waals surface area contributed by atoms with Crippen molar-refractivity contribution in [3.8, 4) is 0 Å². The topological polar surface area (TPSA) is 12.0 Å². The maximum Gasteiger partial charge on any atom is 0.128 e.